The van der Waals surface area contributed by atoms with Crippen molar-refractivity contribution in [3.63, 3.8) is 0 Å². The van der Waals surface area contributed by atoms with Crippen LogP contribution in [-0.2, 0) is 4.74 Å². The fraction of sp³-hybridized carbons (Fsp3) is 0.250. The SMILES string of the molecule is O=c1c(O[C@@H]2O[C@@H](CO)[C@H](O)[C@H]2O)c(-c2ccc(O)c(O)c2)oc2cc(O)cc(O)c12. The third kappa shape index (κ3) is 3.49. The predicted octanol–water partition coefficient (Wildman–Crippen LogP) is 0.100. The smallest absolute Gasteiger partial charge is 0.239 e. The lowest BCUT2D eigenvalue weighted by Crippen LogP contribution is -2.36. The molecule has 0 aliphatic carbocycles. The van der Waals surface area contributed by atoms with E-state index in [0.29, 0.717) is 0 Å². The van der Waals surface area contributed by atoms with Crippen molar-refractivity contribution in [3.05, 3.63) is 40.6 Å². The Balaban J connectivity index is 1.92. The standard InChI is InChI=1S/C20H18O11/c21-6-13-15(26)17(28)20(30-13)31-19-16(27)14-11(25)4-8(22)5-12(14)29-18(19)7-1-2-9(23)10(24)3-7/h1-5,13,15,17,20-26,28H,6H2/t13-,15-,17+,20-/m0/s1. The van der Waals surface area contributed by atoms with Crippen LogP contribution in [0.25, 0.3) is 22.3 Å². The van der Waals surface area contributed by atoms with E-state index >= 15 is 0 Å². The third-order valence-corrected chi connectivity index (χ3v) is 4.89. The Kier molecular flexibility index (Phi) is 5.11. The van der Waals surface area contributed by atoms with Gasteiger partial charge in [-0.05, 0) is 18.2 Å². The lowest BCUT2D eigenvalue weighted by atomic mass is 10.1. The Morgan fingerprint density at radius 1 is 0.935 bits per heavy atom. The third-order valence-electron chi connectivity index (χ3n) is 4.89. The summed E-state index contributed by atoms with van der Waals surface area (Å²) < 4.78 is 16.4. The number of hydrogen-bond donors (Lipinski definition) is 7. The van der Waals surface area contributed by atoms with E-state index in [4.69, 9.17) is 13.9 Å². The van der Waals surface area contributed by atoms with E-state index in [1.54, 1.807) is 0 Å². The molecule has 0 radical (unpaired) electrons. The molecule has 4 atom stereocenters. The number of ether oxygens (including phenoxy) is 2. The number of aliphatic hydroxyl groups is 3. The van der Waals surface area contributed by atoms with Crippen molar-refractivity contribution in [1.29, 1.82) is 0 Å². The predicted molar refractivity (Wildman–Crippen MR) is 103 cm³/mol. The van der Waals surface area contributed by atoms with Gasteiger partial charge in [-0.2, -0.15) is 0 Å². The van der Waals surface area contributed by atoms with Crippen molar-refractivity contribution < 1.29 is 49.6 Å². The topological polar surface area (TPSA) is 190 Å². The van der Waals surface area contributed by atoms with Gasteiger partial charge in [0.25, 0.3) is 0 Å². The minimum absolute atomic E-state index is 0.0684. The second-order valence-electron chi connectivity index (χ2n) is 6.96. The van der Waals surface area contributed by atoms with Gasteiger partial charge in [0.2, 0.25) is 17.5 Å². The molecule has 0 bridgehead atoms. The molecule has 164 valence electrons. The second kappa shape index (κ2) is 7.63. The van der Waals surface area contributed by atoms with E-state index in [9.17, 15) is 40.5 Å². The van der Waals surface area contributed by atoms with Gasteiger partial charge in [-0.15, -0.1) is 0 Å². The highest BCUT2D eigenvalue weighted by molar-refractivity contribution is 5.88. The highest BCUT2D eigenvalue weighted by Gasteiger charge is 2.44. The molecule has 0 unspecified atom stereocenters. The van der Waals surface area contributed by atoms with Gasteiger partial charge in [0, 0.05) is 17.7 Å². The molecule has 0 amide bonds. The molecule has 11 nitrogen and oxygen atoms in total. The zero-order chi connectivity index (χ0) is 22.4. The van der Waals surface area contributed by atoms with Crippen LogP contribution in [0.3, 0.4) is 0 Å². The first-order valence-electron chi connectivity index (χ1n) is 9.05. The maximum absolute atomic E-state index is 13.1. The molecule has 4 rings (SSSR count). The van der Waals surface area contributed by atoms with Crippen LogP contribution in [0.1, 0.15) is 0 Å². The normalized spacial score (nSPS) is 23.3. The quantitative estimate of drug-likeness (QED) is 0.276. The number of aromatic hydroxyl groups is 4. The summed E-state index contributed by atoms with van der Waals surface area (Å²) in [5.74, 6) is -2.78. The van der Waals surface area contributed by atoms with Gasteiger partial charge in [0.15, 0.2) is 17.3 Å². The first-order valence-corrected chi connectivity index (χ1v) is 9.05. The first-order chi connectivity index (χ1) is 14.7. The van der Waals surface area contributed by atoms with Gasteiger partial charge in [0.05, 0.1) is 6.61 Å². The number of benzene rings is 2. The summed E-state index contributed by atoms with van der Waals surface area (Å²) in [4.78, 5) is 13.1. The van der Waals surface area contributed by atoms with Crippen LogP contribution in [0.4, 0.5) is 0 Å². The minimum atomic E-state index is -1.62. The van der Waals surface area contributed by atoms with E-state index in [1.807, 2.05) is 0 Å². The van der Waals surface area contributed by atoms with Crippen LogP contribution in [0.15, 0.2) is 39.5 Å². The van der Waals surface area contributed by atoms with E-state index in [0.717, 1.165) is 24.3 Å². The number of rotatable bonds is 4. The Hall–Kier alpha value is -3.51. The molecule has 2 heterocycles. The van der Waals surface area contributed by atoms with Gasteiger partial charge < -0.3 is 49.6 Å². The summed E-state index contributed by atoms with van der Waals surface area (Å²) in [7, 11) is 0. The van der Waals surface area contributed by atoms with Crippen LogP contribution in [-0.4, -0.2) is 67.0 Å². The van der Waals surface area contributed by atoms with Crippen LogP contribution < -0.4 is 10.2 Å². The van der Waals surface area contributed by atoms with Gasteiger partial charge in [0.1, 0.15) is 40.8 Å². The number of phenols is 4. The molecule has 7 N–H and O–H groups in total. The van der Waals surface area contributed by atoms with E-state index in [2.05, 4.69) is 0 Å². The molecule has 0 saturated carbocycles. The molecule has 1 aliphatic heterocycles. The fourth-order valence-corrected chi connectivity index (χ4v) is 3.31. The molecule has 1 aliphatic rings. The monoisotopic (exact) mass is 434 g/mol. The summed E-state index contributed by atoms with van der Waals surface area (Å²) >= 11 is 0. The van der Waals surface area contributed by atoms with Crippen molar-refractivity contribution in [1.82, 2.24) is 0 Å². The van der Waals surface area contributed by atoms with Crippen molar-refractivity contribution in [3.8, 4) is 40.1 Å². The summed E-state index contributed by atoms with van der Waals surface area (Å²) in [5.41, 5.74) is -1.04. The highest BCUT2D eigenvalue weighted by atomic mass is 16.7. The molecule has 1 saturated heterocycles. The highest BCUT2D eigenvalue weighted by Crippen LogP contribution is 2.39. The molecule has 2 aromatic carbocycles. The van der Waals surface area contributed by atoms with E-state index < -0.39 is 59.6 Å². The first kappa shape index (κ1) is 20.8. The Morgan fingerprint density at radius 2 is 1.68 bits per heavy atom. The van der Waals surface area contributed by atoms with Gasteiger partial charge in [-0.1, -0.05) is 0 Å². The summed E-state index contributed by atoms with van der Waals surface area (Å²) in [6, 6.07) is 5.50. The molecule has 31 heavy (non-hydrogen) atoms. The Morgan fingerprint density at radius 3 is 2.32 bits per heavy atom. The molecule has 1 aromatic heterocycles. The van der Waals surface area contributed by atoms with Crippen molar-refractivity contribution >= 4 is 11.0 Å². The van der Waals surface area contributed by atoms with Crippen molar-refractivity contribution in [2.75, 3.05) is 6.61 Å². The average molecular weight is 434 g/mol. The Labute approximate surface area is 173 Å². The van der Waals surface area contributed by atoms with Gasteiger partial charge in [-0.25, -0.2) is 0 Å². The number of hydrogen-bond acceptors (Lipinski definition) is 11. The van der Waals surface area contributed by atoms with Crippen LogP contribution in [0, 0.1) is 0 Å². The summed E-state index contributed by atoms with van der Waals surface area (Å²) in [6.07, 6.45) is -5.86. The van der Waals surface area contributed by atoms with Crippen molar-refractivity contribution in [2.45, 2.75) is 24.6 Å². The molecule has 1 fully saturated rings. The number of aliphatic hydroxyl groups excluding tert-OH is 3. The maximum Gasteiger partial charge on any atom is 0.239 e. The molecular formula is C20H18O11. The van der Waals surface area contributed by atoms with Crippen LogP contribution in [0.5, 0.6) is 28.7 Å². The van der Waals surface area contributed by atoms with E-state index in [-0.39, 0.29) is 28.0 Å². The van der Waals surface area contributed by atoms with E-state index in [1.165, 1.54) is 6.07 Å². The van der Waals surface area contributed by atoms with Gasteiger partial charge >= 0.3 is 0 Å². The van der Waals surface area contributed by atoms with Gasteiger partial charge in [-0.3, -0.25) is 4.79 Å². The lowest BCUT2D eigenvalue weighted by molar-refractivity contribution is -0.117. The summed E-state index contributed by atoms with van der Waals surface area (Å²) in [5, 5.41) is 68.3. The molecule has 3 aromatic rings. The second-order valence-corrected chi connectivity index (χ2v) is 6.96. The number of fused-ring (bicyclic) bond motifs is 1. The Bertz CT molecular complexity index is 1200. The minimum Gasteiger partial charge on any atom is -0.508 e. The fourth-order valence-electron chi connectivity index (χ4n) is 3.31. The largest absolute Gasteiger partial charge is 0.508 e. The van der Waals surface area contributed by atoms with Crippen LogP contribution in [0.2, 0.25) is 0 Å². The lowest BCUT2D eigenvalue weighted by Gasteiger charge is -2.19. The summed E-state index contributed by atoms with van der Waals surface area (Å²) in [6.45, 7) is -0.622. The zero-order valence-corrected chi connectivity index (χ0v) is 15.7. The molecule has 0 spiro atoms. The maximum atomic E-state index is 13.1. The molecular weight excluding hydrogens is 416 g/mol. The zero-order valence-electron chi connectivity index (χ0n) is 15.7. The molecule has 11 heteroatoms. The number of phenolic OH excluding ortho intramolecular Hbond substituents is 4. The van der Waals surface area contributed by atoms with Crippen LogP contribution >= 0.6 is 0 Å². The van der Waals surface area contributed by atoms with Crippen molar-refractivity contribution in [2.24, 2.45) is 0 Å². The average Bonchev–Trinajstić information content (AvgIpc) is 2.99.